The summed E-state index contributed by atoms with van der Waals surface area (Å²) in [6, 6.07) is 0. The zero-order valence-corrected chi connectivity index (χ0v) is 9.73. The summed E-state index contributed by atoms with van der Waals surface area (Å²) in [6.07, 6.45) is 3.37. The normalized spacial score (nSPS) is 14.5. The van der Waals surface area contributed by atoms with E-state index in [1.165, 1.54) is 20.1 Å². The molecule has 0 bridgehead atoms. The van der Waals surface area contributed by atoms with Crippen molar-refractivity contribution in [2.45, 2.75) is 33.1 Å². The van der Waals surface area contributed by atoms with Gasteiger partial charge in [0.25, 0.3) is 5.91 Å². The summed E-state index contributed by atoms with van der Waals surface area (Å²) in [6.45, 7) is 2.82. The van der Waals surface area contributed by atoms with Gasteiger partial charge >= 0.3 is 0 Å². The van der Waals surface area contributed by atoms with E-state index in [0.717, 1.165) is 0 Å². The molecule has 0 aliphatic heterocycles. The van der Waals surface area contributed by atoms with Crippen molar-refractivity contribution in [3.63, 3.8) is 0 Å². The lowest BCUT2D eigenvalue weighted by Crippen LogP contribution is -2.06. The summed E-state index contributed by atoms with van der Waals surface area (Å²) in [5.41, 5.74) is 0. The number of hydrogen-bond acceptors (Lipinski definition) is 3. The van der Waals surface area contributed by atoms with Gasteiger partial charge in [-0.25, -0.2) is 4.21 Å². The Morgan fingerprint density at radius 1 is 1.21 bits per heavy atom. The summed E-state index contributed by atoms with van der Waals surface area (Å²) in [5.74, 6) is 0.125. The van der Waals surface area contributed by atoms with Crippen LogP contribution in [-0.2, 0) is 19.3 Å². The van der Waals surface area contributed by atoms with Crippen molar-refractivity contribution in [3.8, 4) is 0 Å². The number of nitrogens with zero attached hydrogens (tertiary/aromatic N) is 1. The van der Waals surface area contributed by atoms with E-state index in [1.807, 2.05) is 0 Å². The lowest BCUT2D eigenvalue weighted by molar-refractivity contribution is -0.117. The second-order valence-electron chi connectivity index (χ2n) is 3.43. The number of amides is 1. The van der Waals surface area contributed by atoms with Crippen molar-refractivity contribution in [2.75, 3.05) is 12.0 Å². The van der Waals surface area contributed by atoms with Crippen molar-refractivity contribution >= 4 is 21.4 Å². The van der Waals surface area contributed by atoms with Crippen LogP contribution in [0.1, 0.15) is 33.1 Å². The Balaban J connectivity index is 3.95. The maximum Gasteiger partial charge on any atom is 0.250 e. The predicted octanol–water partition coefficient (Wildman–Crippen LogP) is 1.39. The smallest absolute Gasteiger partial charge is 0.250 e. The number of Topliss-reactive ketones (excluding diaryl/α,β-unsaturated/α-hetero) is 1. The van der Waals surface area contributed by atoms with Crippen molar-refractivity contribution in [1.29, 1.82) is 0 Å². The highest BCUT2D eigenvalue weighted by Gasteiger charge is 2.03. The molecule has 0 aliphatic carbocycles. The molecule has 1 amide bonds. The van der Waals surface area contributed by atoms with Crippen LogP contribution in [0.5, 0.6) is 0 Å². The van der Waals surface area contributed by atoms with Gasteiger partial charge in [-0.05, 0) is 19.8 Å². The van der Waals surface area contributed by atoms with E-state index in [4.69, 9.17) is 0 Å². The summed E-state index contributed by atoms with van der Waals surface area (Å²) >= 11 is 0. The van der Waals surface area contributed by atoms with Crippen LogP contribution < -0.4 is 0 Å². The standard InChI is InChI=1S/C9H17NO3S/c1-8(11)6-4-5-7-14(3,13)10-9(2)12/h4-7H2,1-3H3/t14-/m0/s1. The minimum absolute atomic E-state index is 0.135. The summed E-state index contributed by atoms with van der Waals surface area (Å²) in [7, 11) is -2.36. The number of carbonyl (C=O) groups excluding carboxylic acids is 2. The van der Waals surface area contributed by atoms with Gasteiger partial charge in [0.15, 0.2) is 0 Å². The molecule has 82 valence electrons. The Hall–Kier alpha value is -0.710. The molecular formula is C9H17NO3S. The van der Waals surface area contributed by atoms with Gasteiger partial charge in [0.05, 0.1) is 9.73 Å². The van der Waals surface area contributed by atoms with Crippen molar-refractivity contribution in [1.82, 2.24) is 0 Å². The first-order valence-electron chi connectivity index (χ1n) is 4.53. The van der Waals surface area contributed by atoms with Gasteiger partial charge in [-0.15, -0.1) is 0 Å². The number of hydrogen-bond donors (Lipinski definition) is 0. The van der Waals surface area contributed by atoms with Gasteiger partial charge in [-0.3, -0.25) is 4.79 Å². The Bertz CT molecular complexity index is 327. The van der Waals surface area contributed by atoms with Crippen LogP contribution in [-0.4, -0.2) is 27.9 Å². The first kappa shape index (κ1) is 13.3. The molecule has 0 aromatic rings. The van der Waals surface area contributed by atoms with E-state index in [-0.39, 0.29) is 5.78 Å². The van der Waals surface area contributed by atoms with E-state index in [0.29, 0.717) is 25.0 Å². The molecule has 0 fully saturated rings. The zero-order valence-electron chi connectivity index (χ0n) is 8.91. The van der Waals surface area contributed by atoms with E-state index in [1.54, 1.807) is 0 Å². The molecule has 0 unspecified atom stereocenters. The quantitative estimate of drug-likeness (QED) is 0.656. The average Bonchev–Trinajstić information content (AvgIpc) is 1.95. The van der Waals surface area contributed by atoms with Crippen LogP contribution in [0.3, 0.4) is 0 Å². The number of ketones is 1. The van der Waals surface area contributed by atoms with Crippen molar-refractivity contribution < 1.29 is 13.8 Å². The van der Waals surface area contributed by atoms with Crippen LogP contribution in [0, 0.1) is 0 Å². The fourth-order valence-corrected chi connectivity index (χ4v) is 2.44. The lowest BCUT2D eigenvalue weighted by atomic mass is 10.2. The van der Waals surface area contributed by atoms with Gasteiger partial charge in [0, 0.05) is 25.4 Å². The average molecular weight is 219 g/mol. The first-order valence-corrected chi connectivity index (χ1v) is 6.62. The SMILES string of the molecule is CC(=O)CCCC[S@](C)(=O)=NC(C)=O. The van der Waals surface area contributed by atoms with Crippen LogP contribution in [0.25, 0.3) is 0 Å². The van der Waals surface area contributed by atoms with Gasteiger partial charge in [0.1, 0.15) is 5.78 Å². The highest BCUT2D eigenvalue weighted by molar-refractivity contribution is 7.93. The molecule has 0 heterocycles. The molecule has 0 aliphatic rings. The predicted molar refractivity (Wildman–Crippen MR) is 56.6 cm³/mol. The minimum atomic E-state index is -2.36. The second-order valence-corrected chi connectivity index (χ2v) is 5.94. The molecule has 0 radical (unpaired) electrons. The fourth-order valence-electron chi connectivity index (χ4n) is 1.06. The van der Waals surface area contributed by atoms with Gasteiger partial charge < -0.3 is 4.79 Å². The van der Waals surface area contributed by atoms with Gasteiger partial charge in [-0.2, -0.15) is 4.36 Å². The largest absolute Gasteiger partial charge is 0.300 e. The summed E-state index contributed by atoms with van der Waals surface area (Å²) in [4.78, 5) is 21.2. The third-order valence-electron chi connectivity index (χ3n) is 1.62. The van der Waals surface area contributed by atoms with E-state index in [9.17, 15) is 13.8 Å². The van der Waals surface area contributed by atoms with Crippen LogP contribution in [0.2, 0.25) is 0 Å². The third-order valence-corrected chi connectivity index (χ3v) is 3.31. The monoisotopic (exact) mass is 219 g/mol. The second kappa shape index (κ2) is 5.90. The molecule has 0 aromatic carbocycles. The Labute approximate surface area is 85.3 Å². The molecule has 5 heteroatoms. The van der Waals surface area contributed by atoms with E-state index < -0.39 is 15.6 Å². The van der Waals surface area contributed by atoms with Crippen molar-refractivity contribution in [3.05, 3.63) is 0 Å². The number of carbonyl (C=O) groups is 2. The first-order chi connectivity index (χ1) is 6.33. The highest BCUT2D eigenvalue weighted by atomic mass is 32.2. The molecule has 0 saturated heterocycles. The van der Waals surface area contributed by atoms with Crippen molar-refractivity contribution in [2.24, 2.45) is 4.36 Å². The van der Waals surface area contributed by atoms with Gasteiger partial charge in [-0.1, -0.05) is 0 Å². The Morgan fingerprint density at radius 3 is 2.21 bits per heavy atom. The number of unbranched alkanes of at least 4 members (excludes halogenated alkanes) is 1. The van der Waals surface area contributed by atoms with Crippen LogP contribution in [0.15, 0.2) is 4.36 Å². The van der Waals surface area contributed by atoms with Crippen LogP contribution >= 0.6 is 0 Å². The minimum Gasteiger partial charge on any atom is -0.300 e. The Kier molecular flexibility index (Phi) is 5.60. The van der Waals surface area contributed by atoms with E-state index in [2.05, 4.69) is 4.36 Å². The third kappa shape index (κ3) is 7.91. The molecule has 1 atom stereocenters. The molecular weight excluding hydrogens is 202 g/mol. The van der Waals surface area contributed by atoms with Crippen LogP contribution in [0.4, 0.5) is 0 Å². The molecule has 0 spiro atoms. The topological polar surface area (TPSA) is 63.6 Å². The molecule has 14 heavy (non-hydrogen) atoms. The van der Waals surface area contributed by atoms with E-state index >= 15 is 0 Å². The zero-order chi connectivity index (χ0) is 11.2. The molecule has 0 aromatic heterocycles. The fraction of sp³-hybridized carbons (Fsp3) is 0.778. The maximum absolute atomic E-state index is 11.6. The van der Waals surface area contributed by atoms with Gasteiger partial charge in [0.2, 0.25) is 0 Å². The molecule has 4 nitrogen and oxygen atoms in total. The lowest BCUT2D eigenvalue weighted by Gasteiger charge is -2.01. The molecule has 0 N–H and O–H groups in total. The highest BCUT2D eigenvalue weighted by Crippen LogP contribution is 2.01. The summed E-state index contributed by atoms with van der Waals surface area (Å²) < 4.78 is 15.1. The number of rotatable bonds is 5. The summed E-state index contributed by atoms with van der Waals surface area (Å²) in [5, 5.41) is 0. The molecule has 0 rings (SSSR count). The Morgan fingerprint density at radius 2 is 1.79 bits per heavy atom. The maximum atomic E-state index is 11.6. The molecule has 0 saturated carbocycles.